The van der Waals surface area contributed by atoms with Gasteiger partial charge in [-0.2, -0.15) is 24.4 Å². The highest BCUT2D eigenvalue weighted by Crippen LogP contribution is 2.33. The number of carboxylic acids is 1. The molecule has 4 N–H and O–H groups in total. The number of nitrogens with two attached hydrogens (primary N) is 1. The minimum absolute atomic E-state index is 0.0275. The third-order valence-corrected chi connectivity index (χ3v) is 7.75. The van der Waals surface area contributed by atoms with Gasteiger partial charge in [-0.3, -0.25) is 19.3 Å². The summed E-state index contributed by atoms with van der Waals surface area (Å²) >= 11 is 18.4. The Morgan fingerprint density at radius 2 is 1.93 bits per heavy atom. The number of nitrogens with one attached hydrogen (secondary N) is 1. The van der Waals surface area contributed by atoms with E-state index in [4.69, 9.17) is 28.9 Å². The Morgan fingerprint density at radius 3 is 2.55 bits per heavy atom. The number of aliphatic carboxylic acids is 1. The van der Waals surface area contributed by atoms with Crippen LogP contribution in [0.1, 0.15) is 17.5 Å². The van der Waals surface area contributed by atoms with Crippen molar-refractivity contribution in [2.45, 2.75) is 24.7 Å². The van der Waals surface area contributed by atoms with E-state index in [9.17, 15) is 24.3 Å². The Labute approximate surface area is 251 Å². The van der Waals surface area contributed by atoms with E-state index >= 15 is 0 Å². The first kappa shape index (κ1) is 31.8. The molecular formula is C26H29Cl2N5O5S2. The van der Waals surface area contributed by atoms with Gasteiger partial charge >= 0.3 is 5.97 Å². The summed E-state index contributed by atoms with van der Waals surface area (Å²) in [5.41, 5.74) is 7.33. The molecule has 2 unspecified atom stereocenters. The number of benzodiazepines with no additional fused rings is 1. The van der Waals surface area contributed by atoms with E-state index in [-0.39, 0.29) is 23.6 Å². The molecule has 0 saturated carbocycles. The van der Waals surface area contributed by atoms with Gasteiger partial charge in [0.15, 0.2) is 0 Å². The average molecular weight is 627 g/mol. The van der Waals surface area contributed by atoms with Crippen molar-refractivity contribution < 1.29 is 24.3 Å². The van der Waals surface area contributed by atoms with Crippen LogP contribution in [0.15, 0.2) is 47.5 Å². The normalized spacial score (nSPS) is 16.4. The molecule has 2 aromatic rings. The number of carbonyl (C=O) groups excluding carboxylic acids is 3. The summed E-state index contributed by atoms with van der Waals surface area (Å²) in [6.45, 7) is -0.543. The highest BCUT2D eigenvalue weighted by Gasteiger charge is 2.38. The molecule has 14 heteroatoms. The summed E-state index contributed by atoms with van der Waals surface area (Å²) in [4.78, 5) is 58.8. The zero-order valence-corrected chi connectivity index (χ0v) is 24.9. The molecule has 10 nitrogen and oxygen atoms in total. The lowest BCUT2D eigenvalue weighted by atomic mass is 10.00. The number of hydrogen-bond acceptors (Lipinski definition) is 8. The third kappa shape index (κ3) is 7.29. The summed E-state index contributed by atoms with van der Waals surface area (Å²) in [6.07, 6.45) is 0.589. The Bertz CT molecular complexity index is 1330. The SMILES string of the molecule is CSCC[C@H](NC(=O)CN1C(=O)C(N(C)C(=O)C(N)CS)N=C(c2ccccc2Cl)c2cc(Cl)ccc21)C(=O)O. The topological polar surface area (TPSA) is 145 Å². The fraction of sp³-hybridized carbons (Fsp3) is 0.346. The second kappa shape index (κ2) is 14.2. The number of rotatable bonds is 11. The minimum Gasteiger partial charge on any atom is -0.480 e. The Hall–Kier alpha value is -2.77. The van der Waals surface area contributed by atoms with Crippen molar-refractivity contribution in [1.29, 1.82) is 0 Å². The zero-order chi connectivity index (χ0) is 29.6. The van der Waals surface area contributed by atoms with Gasteiger partial charge < -0.3 is 21.1 Å². The van der Waals surface area contributed by atoms with E-state index < -0.39 is 48.5 Å². The summed E-state index contributed by atoms with van der Waals surface area (Å²) in [5, 5.41) is 12.7. The van der Waals surface area contributed by atoms with Gasteiger partial charge in [-0.05, 0) is 42.7 Å². The number of anilines is 1. The standard InChI is InChI=1S/C26H29Cl2N5O5S2/c1-32(24(35)18(29)13-39)23-25(36)33(12-21(34)30-19(26(37)38)9-10-40-2)20-8-7-14(27)11-16(20)22(31-23)15-5-3-4-6-17(15)28/h3-8,11,18-19,23,39H,9-10,12-13,29H2,1-2H3,(H,30,34)(H,37,38)/t18?,19-,23?/m0/s1. The molecule has 0 aliphatic carbocycles. The largest absolute Gasteiger partial charge is 0.480 e. The molecule has 3 rings (SSSR count). The maximum atomic E-state index is 14.0. The van der Waals surface area contributed by atoms with Crippen LogP contribution in [0, 0.1) is 0 Å². The van der Waals surface area contributed by atoms with Crippen molar-refractivity contribution in [3.05, 3.63) is 63.6 Å². The van der Waals surface area contributed by atoms with E-state index in [0.29, 0.717) is 26.9 Å². The van der Waals surface area contributed by atoms with Gasteiger partial charge in [0.05, 0.1) is 17.4 Å². The molecule has 1 heterocycles. The molecule has 0 saturated heterocycles. The molecule has 0 aromatic heterocycles. The van der Waals surface area contributed by atoms with Crippen LogP contribution in [0.4, 0.5) is 5.69 Å². The lowest BCUT2D eigenvalue weighted by Crippen LogP contribution is -2.55. The van der Waals surface area contributed by atoms with Crippen molar-refractivity contribution in [3.63, 3.8) is 0 Å². The lowest BCUT2D eigenvalue weighted by molar-refractivity contribution is -0.142. The van der Waals surface area contributed by atoms with Crippen LogP contribution in [0.25, 0.3) is 0 Å². The third-order valence-electron chi connectivity index (χ3n) is 6.15. The summed E-state index contributed by atoms with van der Waals surface area (Å²) < 4.78 is 0. The van der Waals surface area contributed by atoms with E-state index in [1.165, 1.54) is 18.8 Å². The highest BCUT2D eigenvalue weighted by molar-refractivity contribution is 7.98. The Kier molecular flexibility index (Phi) is 11.3. The van der Waals surface area contributed by atoms with E-state index in [1.54, 1.807) is 42.5 Å². The fourth-order valence-corrected chi connectivity index (χ4v) is 5.08. The van der Waals surface area contributed by atoms with E-state index in [1.807, 2.05) is 6.26 Å². The predicted octanol–water partition coefficient (Wildman–Crippen LogP) is 2.54. The van der Waals surface area contributed by atoms with Crippen LogP contribution in [0.3, 0.4) is 0 Å². The highest BCUT2D eigenvalue weighted by atomic mass is 35.5. The first-order valence-corrected chi connectivity index (χ1v) is 14.9. The van der Waals surface area contributed by atoms with Gasteiger partial charge in [0, 0.05) is 34.0 Å². The van der Waals surface area contributed by atoms with Crippen molar-refractivity contribution in [2.24, 2.45) is 10.7 Å². The van der Waals surface area contributed by atoms with Gasteiger partial charge in [-0.1, -0.05) is 41.4 Å². The number of fused-ring (bicyclic) bond motifs is 1. The number of hydrogen-bond donors (Lipinski definition) is 4. The Morgan fingerprint density at radius 1 is 1.23 bits per heavy atom. The summed E-state index contributed by atoms with van der Waals surface area (Å²) in [5.74, 6) is -2.66. The second-order valence-electron chi connectivity index (χ2n) is 8.90. The van der Waals surface area contributed by atoms with Gasteiger partial charge in [0.1, 0.15) is 12.6 Å². The number of benzene rings is 2. The predicted molar refractivity (Wildman–Crippen MR) is 162 cm³/mol. The number of thiol groups is 1. The van der Waals surface area contributed by atoms with Crippen molar-refractivity contribution in [3.8, 4) is 0 Å². The maximum Gasteiger partial charge on any atom is 0.326 e. The summed E-state index contributed by atoms with van der Waals surface area (Å²) in [6, 6.07) is 9.38. The zero-order valence-electron chi connectivity index (χ0n) is 21.7. The number of aliphatic imine (C=N–C) groups is 1. The van der Waals surface area contributed by atoms with Crippen LogP contribution in [-0.4, -0.2) is 89.0 Å². The first-order valence-electron chi connectivity index (χ1n) is 12.1. The quantitative estimate of drug-likeness (QED) is 0.281. The molecular weight excluding hydrogens is 597 g/mol. The van der Waals surface area contributed by atoms with Crippen molar-refractivity contribution in [1.82, 2.24) is 10.2 Å². The molecule has 3 amide bonds. The smallest absolute Gasteiger partial charge is 0.326 e. The van der Waals surface area contributed by atoms with Crippen LogP contribution in [0.5, 0.6) is 0 Å². The molecule has 40 heavy (non-hydrogen) atoms. The monoisotopic (exact) mass is 625 g/mol. The van der Waals surface area contributed by atoms with Crippen LogP contribution in [0.2, 0.25) is 10.0 Å². The second-order valence-corrected chi connectivity index (χ2v) is 11.1. The molecule has 1 aliphatic rings. The molecule has 2 aromatic carbocycles. The lowest BCUT2D eigenvalue weighted by Gasteiger charge is -2.30. The van der Waals surface area contributed by atoms with Gasteiger partial charge in [-0.15, -0.1) is 0 Å². The molecule has 3 atom stereocenters. The van der Waals surface area contributed by atoms with Crippen LogP contribution >= 0.6 is 47.6 Å². The number of thioether (sulfide) groups is 1. The van der Waals surface area contributed by atoms with E-state index in [2.05, 4.69) is 22.9 Å². The molecule has 214 valence electrons. The Balaban J connectivity index is 2.15. The molecule has 0 fully saturated rings. The van der Waals surface area contributed by atoms with Gasteiger partial charge in [0.2, 0.25) is 18.0 Å². The molecule has 0 spiro atoms. The van der Waals surface area contributed by atoms with Crippen molar-refractivity contribution in [2.75, 3.05) is 36.3 Å². The van der Waals surface area contributed by atoms with Gasteiger partial charge in [0.25, 0.3) is 5.91 Å². The first-order chi connectivity index (χ1) is 19.0. The fourth-order valence-electron chi connectivity index (χ4n) is 4.06. The molecule has 1 aliphatic heterocycles. The number of amides is 3. The number of likely N-dealkylation sites (N-methyl/N-ethyl adjacent to an activating group) is 1. The number of carboxylic acid groups (broad SMARTS) is 1. The van der Waals surface area contributed by atoms with Crippen molar-refractivity contribution >= 4 is 82.7 Å². The van der Waals surface area contributed by atoms with Crippen LogP contribution < -0.4 is 16.0 Å². The van der Waals surface area contributed by atoms with Crippen LogP contribution in [-0.2, 0) is 19.2 Å². The molecule has 0 radical (unpaired) electrons. The van der Waals surface area contributed by atoms with Gasteiger partial charge in [-0.25, -0.2) is 9.79 Å². The average Bonchev–Trinajstić information content (AvgIpc) is 3.04. The maximum absolute atomic E-state index is 14.0. The number of nitrogens with zero attached hydrogens (tertiary/aromatic N) is 3. The van der Waals surface area contributed by atoms with E-state index in [0.717, 1.165) is 9.80 Å². The minimum atomic E-state index is -1.43. The molecule has 0 bridgehead atoms. The summed E-state index contributed by atoms with van der Waals surface area (Å²) in [7, 11) is 1.38. The number of halogens is 2. The number of carbonyl (C=O) groups is 4.